The molecule has 0 saturated heterocycles. The molecule has 0 radical (unpaired) electrons. The van der Waals surface area contributed by atoms with E-state index in [0.29, 0.717) is 6.54 Å². The average Bonchev–Trinajstić information content (AvgIpc) is 2.71. The smallest absolute Gasteiger partial charge is 0.0589 e. The molecular weight excluding hydrogens is 220 g/mol. The molecule has 0 spiro atoms. The average molecular weight is 238 g/mol. The van der Waals surface area contributed by atoms with Crippen molar-refractivity contribution in [3.8, 4) is 11.8 Å². The molecule has 88 valence electrons. The maximum Gasteiger partial charge on any atom is 0.0589 e. The van der Waals surface area contributed by atoms with Crippen LogP contribution in [0.1, 0.15) is 10.4 Å². The van der Waals surface area contributed by atoms with Crippen molar-refractivity contribution in [3.05, 3.63) is 21.9 Å². The van der Waals surface area contributed by atoms with E-state index < -0.39 is 0 Å². The van der Waals surface area contributed by atoms with Gasteiger partial charge in [-0.3, -0.25) is 4.90 Å². The number of nitrogens with zero attached hydrogens (tertiary/aromatic N) is 1. The molecule has 0 amide bonds. The van der Waals surface area contributed by atoms with E-state index in [1.807, 2.05) is 0 Å². The largest absolute Gasteiger partial charge is 0.383 e. The second kappa shape index (κ2) is 7.42. The maximum absolute atomic E-state index is 5.33. The van der Waals surface area contributed by atoms with Gasteiger partial charge >= 0.3 is 0 Å². The van der Waals surface area contributed by atoms with Crippen molar-refractivity contribution in [1.29, 1.82) is 0 Å². The molecule has 0 bridgehead atoms. The molecule has 0 unspecified atom stereocenters. The highest BCUT2D eigenvalue weighted by Crippen LogP contribution is 2.15. The summed E-state index contributed by atoms with van der Waals surface area (Å²) in [5.74, 6) is 5.89. The zero-order valence-corrected chi connectivity index (χ0v) is 10.6. The van der Waals surface area contributed by atoms with Crippen LogP contribution in [0.5, 0.6) is 0 Å². The van der Waals surface area contributed by atoms with Gasteiger partial charge in [-0.2, -0.15) is 0 Å². The Labute approximate surface area is 101 Å². The third-order valence-corrected chi connectivity index (χ3v) is 3.01. The van der Waals surface area contributed by atoms with Crippen LogP contribution in [-0.2, 0) is 11.3 Å². The predicted octanol–water partition coefficient (Wildman–Crippen LogP) is 1.14. The molecular formula is C12H18N2OS. The van der Waals surface area contributed by atoms with Gasteiger partial charge in [0.2, 0.25) is 0 Å². The van der Waals surface area contributed by atoms with Crippen LogP contribution in [0.3, 0.4) is 0 Å². The number of rotatable bonds is 5. The van der Waals surface area contributed by atoms with E-state index >= 15 is 0 Å². The Morgan fingerprint density at radius 2 is 2.38 bits per heavy atom. The zero-order chi connectivity index (χ0) is 11.8. The lowest BCUT2D eigenvalue weighted by atomic mass is 10.3. The highest BCUT2D eigenvalue weighted by Gasteiger charge is 2.02. The van der Waals surface area contributed by atoms with Crippen molar-refractivity contribution >= 4 is 11.3 Å². The Morgan fingerprint density at radius 3 is 3.06 bits per heavy atom. The molecule has 1 rings (SSSR count). The molecule has 2 N–H and O–H groups in total. The number of hydrogen-bond donors (Lipinski definition) is 1. The molecule has 0 aromatic carbocycles. The van der Waals surface area contributed by atoms with Gasteiger partial charge < -0.3 is 10.5 Å². The zero-order valence-electron chi connectivity index (χ0n) is 9.82. The fourth-order valence-electron chi connectivity index (χ4n) is 1.27. The van der Waals surface area contributed by atoms with E-state index in [0.717, 1.165) is 25.3 Å². The highest BCUT2D eigenvalue weighted by atomic mass is 32.1. The molecule has 0 saturated carbocycles. The van der Waals surface area contributed by atoms with Gasteiger partial charge in [-0.15, -0.1) is 11.3 Å². The summed E-state index contributed by atoms with van der Waals surface area (Å²) in [4.78, 5) is 3.55. The topological polar surface area (TPSA) is 38.5 Å². The van der Waals surface area contributed by atoms with Gasteiger partial charge in [0.15, 0.2) is 0 Å². The lowest BCUT2D eigenvalue weighted by molar-refractivity contribution is 0.159. The number of likely N-dealkylation sites (N-methyl/N-ethyl adjacent to an activating group) is 1. The van der Waals surface area contributed by atoms with Crippen LogP contribution < -0.4 is 5.73 Å². The fourth-order valence-corrected chi connectivity index (χ4v) is 2.17. The van der Waals surface area contributed by atoms with Crippen molar-refractivity contribution in [2.75, 3.05) is 33.9 Å². The minimum atomic E-state index is 0.416. The van der Waals surface area contributed by atoms with Gasteiger partial charge in [-0.1, -0.05) is 11.8 Å². The van der Waals surface area contributed by atoms with E-state index in [-0.39, 0.29) is 0 Å². The van der Waals surface area contributed by atoms with Crippen LogP contribution in [0.15, 0.2) is 11.4 Å². The standard InChI is InChI=1S/C12H18N2OS/c1-14(6-7-15-2)9-12-8-11(10-16-12)4-3-5-13/h8,10H,5-7,9,13H2,1-2H3. The van der Waals surface area contributed by atoms with Gasteiger partial charge in [-0.25, -0.2) is 0 Å². The van der Waals surface area contributed by atoms with Crippen LogP contribution in [0, 0.1) is 11.8 Å². The third-order valence-electron chi connectivity index (χ3n) is 2.09. The molecule has 3 nitrogen and oxygen atoms in total. The molecule has 16 heavy (non-hydrogen) atoms. The third kappa shape index (κ3) is 4.77. The molecule has 0 aliphatic carbocycles. The Kier molecular flexibility index (Phi) is 6.12. The Morgan fingerprint density at radius 1 is 1.56 bits per heavy atom. The first-order chi connectivity index (χ1) is 7.76. The number of hydrogen-bond acceptors (Lipinski definition) is 4. The second-order valence-electron chi connectivity index (χ2n) is 3.54. The van der Waals surface area contributed by atoms with Crippen LogP contribution in [-0.4, -0.2) is 38.8 Å². The first-order valence-electron chi connectivity index (χ1n) is 5.20. The summed E-state index contributed by atoms with van der Waals surface area (Å²) >= 11 is 1.74. The van der Waals surface area contributed by atoms with Crippen molar-refractivity contribution in [1.82, 2.24) is 4.90 Å². The minimum absolute atomic E-state index is 0.416. The molecule has 1 heterocycles. The van der Waals surface area contributed by atoms with Gasteiger partial charge in [0.1, 0.15) is 0 Å². The summed E-state index contributed by atoms with van der Waals surface area (Å²) in [6.07, 6.45) is 0. The first kappa shape index (κ1) is 13.2. The number of ether oxygens (including phenoxy) is 1. The van der Waals surface area contributed by atoms with Crippen LogP contribution >= 0.6 is 11.3 Å². The normalized spacial score (nSPS) is 10.2. The van der Waals surface area contributed by atoms with Crippen molar-refractivity contribution < 1.29 is 4.74 Å². The van der Waals surface area contributed by atoms with E-state index in [1.54, 1.807) is 18.4 Å². The lowest BCUT2D eigenvalue weighted by Gasteiger charge is -2.14. The summed E-state index contributed by atoms with van der Waals surface area (Å²) in [7, 11) is 3.81. The number of nitrogens with two attached hydrogens (primary N) is 1. The summed E-state index contributed by atoms with van der Waals surface area (Å²) in [6, 6.07) is 2.12. The summed E-state index contributed by atoms with van der Waals surface area (Å²) < 4.78 is 5.03. The summed E-state index contributed by atoms with van der Waals surface area (Å²) in [5.41, 5.74) is 6.39. The summed E-state index contributed by atoms with van der Waals surface area (Å²) in [6.45, 7) is 3.07. The predicted molar refractivity (Wildman–Crippen MR) is 68.5 cm³/mol. The fraction of sp³-hybridized carbons (Fsp3) is 0.500. The monoisotopic (exact) mass is 238 g/mol. The molecule has 0 atom stereocenters. The van der Waals surface area contributed by atoms with E-state index in [2.05, 4.69) is 35.2 Å². The summed E-state index contributed by atoms with van der Waals surface area (Å²) in [5, 5.41) is 2.07. The maximum atomic E-state index is 5.33. The van der Waals surface area contributed by atoms with E-state index in [4.69, 9.17) is 10.5 Å². The number of methoxy groups -OCH3 is 1. The molecule has 1 aromatic rings. The van der Waals surface area contributed by atoms with E-state index in [9.17, 15) is 0 Å². The molecule has 0 aliphatic heterocycles. The first-order valence-corrected chi connectivity index (χ1v) is 6.08. The highest BCUT2D eigenvalue weighted by molar-refractivity contribution is 7.10. The molecule has 0 aliphatic rings. The molecule has 4 heteroatoms. The van der Waals surface area contributed by atoms with Gasteiger partial charge in [-0.05, 0) is 13.1 Å². The molecule has 1 aromatic heterocycles. The van der Waals surface area contributed by atoms with Crippen molar-refractivity contribution in [3.63, 3.8) is 0 Å². The SMILES string of the molecule is COCCN(C)Cc1cc(C#CCN)cs1. The van der Waals surface area contributed by atoms with Gasteiger partial charge in [0.25, 0.3) is 0 Å². The van der Waals surface area contributed by atoms with Crippen molar-refractivity contribution in [2.24, 2.45) is 5.73 Å². The van der Waals surface area contributed by atoms with E-state index in [1.165, 1.54) is 4.88 Å². The molecule has 0 fully saturated rings. The number of thiophene rings is 1. The van der Waals surface area contributed by atoms with Crippen molar-refractivity contribution in [2.45, 2.75) is 6.54 Å². The quantitative estimate of drug-likeness (QED) is 0.782. The Balaban J connectivity index is 2.45. The second-order valence-corrected chi connectivity index (χ2v) is 4.53. The Bertz CT molecular complexity index is 365. The van der Waals surface area contributed by atoms with Crippen LogP contribution in [0.4, 0.5) is 0 Å². The lowest BCUT2D eigenvalue weighted by Crippen LogP contribution is -2.21. The Hall–Kier alpha value is -0.860. The minimum Gasteiger partial charge on any atom is -0.383 e. The van der Waals surface area contributed by atoms with Gasteiger partial charge in [0.05, 0.1) is 13.2 Å². The van der Waals surface area contributed by atoms with Crippen LogP contribution in [0.25, 0.3) is 0 Å². The van der Waals surface area contributed by atoms with Gasteiger partial charge in [0, 0.05) is 36.0 Å². The van der Waals surface area contributed by atoms with Crippen LogP contribution in [0.2, 0.25) is 0 Å².